The summed E-state index contributed by atoms with van der Waals surface area (Å²) in [6, 6.07) is 22.8. The van der Waals surface area contributed by atoms with E-state index in [4.69, 9.17) is 16.3 Å². The van der Waals surface area contributed by atoms with Crippen LogP contribution in [0.25, 0.3) is 0 Å². The topological polar surface area (TPSA) is 67.4 Å². The van der Waals surface area contributed by atoms with Crippen LogP contribution in [0.1, 0.15) is 17.3 Å². The van der Waals surface area contributed by atoms with Crippen molar-refractivity contribution in [2.24, 2.45) is 0 Å². The Balaban J connectivity index is 1.71. The number of anilines is 2. The van der Waals surface area contributed by atoms with E-state index in [0.717, 1.165) is 0 Å². The van der Waals surface area contributed by atoms with Gasteiger partial charge < -0.3 is 15.4 Å². The lowest BCUT2D eigenvalue weighted by atomic mass is 10.1. The standard InChI is InChI=1S/C22H19ClN2O3/c1-15(28-20-14-8-6-12-18(20)23)21(26)25-19-13-7-5-11-17(19)22(27)24-16-9-3-2-4-10-16/h2-15H,1H3,(H,24,27)(H,25,26)/t15-/m1/s1. The molecule has 0 fully saturated rings. The number of halogens is 1. The van der Waals surface area contributed by atoms with Gasteiger partial charge in [-0.1, -0.05) is 54.1 Å². The van der Waals surface area contributed by atoms with E-state index in [1.807, 2.05) is 18.2 Å². The minimum absolute atomic E-state index is 0.318. The molecule has 0 aliphatic carbocycles. The van der Waals surface area contributed by atoms with Crippen molar-refractivity contribution in [2.45, 2.75) is 13.0 Å². The van der Waals surface area contributed by atoms with Crippen molar-refractivity contribution in [3.05, 3.63) is 89.4 Å². The van der Waals surface area contributed by atoms with Gasteiger partial charge in [0, 0.05) is 5.69 Å². The maximum atomic E-state index is 12.6. The summed E-state index contributed by atoms with van der Waals surface area (Å²) >= 11 is 6.07. The van der Waals surface area contributed by atoms with Crippen molar-refractivity contribution >= 4 is 34.8 Å². The second kappa shape index (κ2) is 9.06. The van der Waals surface area contributed by atoms with Crippen molar-refractivity contribution in [2.75, 3.05) is 10.6 Å². The summed E-state index contributed by atoms with van der Waals surface area (Å²) in [5, 5.41) is 5.98. The first-order chi connectivity index (χ1) is 13.5. The lowest BCUT2D eigenvalue weighted by Gasteiger charge is -2.17. The van der Waals surface area contributed by atoms with Crippen LogP contribution in [0.2, 0.25) is 5.02 Å². The molecule has 3 aromatic carbocycles. The quantitative estimate of drug-likeness (QED) is 0.618. The molecule has 6 heteroatoms. The SMILES string of the molecule is C[C@@H](Oc1ccccc1Cl)C(=O)Nc1ccccc1C(=O)Nc1ccccc1. The average Bonchev–Trinajstić information content (AvgIpc) is 2.70. The zero-order chi connectivity index (χ0) is 19.9. The molecule has 3 aromatic rings. The van der Waals surface area contributed by atoms with Crippen molar-refractivity contribution in [1.29, 1.82) is 0 Å². The van der Waals surface area contributed by atoms with Gasteiger partial charge in [-0.3, -0.25) is 9.59 Å². The monoisotopic (exact) mass is 394 g/mol. The molecule has 0 saturated carbocycles. The molecule has 0 bridgehead atoms. The summed E-state index contributed by atoms with van der Waals surface area (Å²) in [5.74, 6) is -0.288. The van der Waals surface area contributed by atoms with E-state index in [2.05, 4.69) is 10.6 Å². The van der Waals surface area contributed by atoms with Crippen LogP contribution < -0.4 is 15.4 Å². The predicted molar refractivity (Wildman–Crippen MR) is 111 cm³/mol. The van der Waals surface area contributed by atoms with Gasteiger partial charge in [-0.25, -0.2) is 0 Å². The highest BCUT2D eigenvalue weighted by Crippen LogP contribution is 2.25. The fourth-order valence-electron chi connectivity index (χ4n) is 2.53. The van der Waals surface area contributed by atoms with Crippen LogP contribution in [-0.2, 0) is 4.79 Å². The van der Waals surface area contributed by atoms with Gasteiger partial charge in [0.05, 0.1) is 16.3 Å². The summed E-state index contributed by atoms with van der Waals surface area (Å²) < 4.78 is 5.63. The number of amides is 2. The Morgan fingerprint density at radius 2 is 1.50 bits per heavy atom. The molecule has 0 aliphatic rings. The Morgan fingerprint density at radius 1 is 0.857 bits per heavy atom. The summed E-state index contributed by atoms with van der Waals surface area (Å²) in [5.41, 5.74) is 1.42. The summed E-state index contributed by atoms with van der Waals surface area (Å²) in [7, 11) is 0. The summed E-state index contributed by atoms with van der Waals surface area (Å²) in [6.45, 7) is 1.62. The van der Waals surface area contributed by atoms with Crippen LogP contribution in [0.5, 0.6) is 5.75 Å². The van der Waals surface area contributed by atoms with E-state index in [-0.39, 0.29) is 11.8 Å². The predicted octanol–water partition coefficient (Wildman–Crippen LogP) is 5.00. The van der Waals surface area contributed by atoms with Crippen molar-refractivity contribution in [3.8, 4) is 5.75 Å². The third kappa shape index (κ3) is 4.90. The molecule has 0 radical (unpaired) electrons. The summed E-state index contributed by atoms with van der Waals surface area (Å²) in [4.78, 5) is 25.2. The van der Waals surface area contributed by atoms with Gasteiger partial charge in [0.25, 0.3) is 11.8 Å². The molecule has 0 heterocycles. The highest BCUT2D eigenvalue weighted by Gasteiger charge is 2.19. The molecule has 0 saturated heterocycles. The molecule has 0 aliphatic heterocycles. The molecule has 1 atom stereocenters. The van der Waals surface area contributed by atoms with Crippen LogP contribution >= 0.6 is 11.6 Å². The summed E-state index contributed by atoms with van der Waals surface area (Å²) in [6.07, 6.45) is -0.801. The zero-order valence-electron chi connectivity index (χ0n) is 15.2. The van der Waals surface area contributed by atoms with Crippen LogP contribution in [-0.4, -0.2) is 17.9 Å². The van der Waals surface area contributed by atoms with Crippen LogP contribution in [0.3, 0.4) is 0 Å². The fraction of sp³-hybridized carbons (Fsp3) is 0.0909. The third-order valence-corrected chi connectivity index (χ3v) is 4.28. The smallest absolute Gasteiger partial charge is 0.265 e. The number of nitrogens with one attached hydrogen (secondary N) is 2. The molecule has 0 unspecified atom stereocenters. The van der Waals surface area contributed by atoms with E-state index < -0.39 is 6.10 Å². The Labute approximate surface area is 168 Å². The Hall–Kier alpha value is -3.31. The fourth-order valence-corrected chi connectivity index (χ4v) is 2.71. The number of para-hydroxylation sites is 3. The number of benzene rings is 3. The van der Waals surface area contributed by atoms with Gasteiger partial charge in [0.1, 0.15) is 5.75 Å². The third-order valence-electron chi connectivity index (χ3n) is 3.97. The first-order valence-corrected chi connectivity index (χ1v) is 9.10. The highest BCUT2D eigenvalue weighted by molar-refractivity contribution is 6.32. The van der Waals surface area contributed by atoms with Crippen molar-refractivity contribution in [3.63, 3.8) is 0 Å². The molecule has 3 rings (SSSR count). The van der Waals surface area contributed by atoms with E-state index in [1.165, 1.54) is 0 Å². The number of hydrogen-bond donors (Lipinski definition) is 2. The van der Waals surface area contributed by atoms with Crippen LogP contribution in [0.4, 0.5) is 11.4 Å². The number of carbonyl (C=O) groups is 2. The first-order valence-electron chi connectivity index (χ1n) is 8.72. The van der Waals surface area contributed by atoms with Crippen molar-refractivity contribution in [1.82, 2.24) is 0 Å². The van der Waals surface area contributed by atoms with Gasteiger partial charge >= 0.3 is 0 Å². The zero-order valence-corrected chi connectivity index (χ0v) is 15.9. The number of carbonyl (C=O) groups excluding carboxylic acids is 2. The second-order valence-corrected chi connectivity index (χ2v) is 6.45. The minimum Gasteiger partial charge on any atom is -0.479 e. The van der Waals surface area contributed by atoms with Gasteiger partial charge in [0.15, 0.2) is 6.10 Å². The molecule has 2 N–H and O–H groups in total. The van der Waals surface area contributed by atoms with Crippen LogP contribution in [0, 0.1) is 0 Å². The molecule has 0 spiro atoms. The number of rotatable bonds is 6. The minimum atomic E-state index is -0.801. The lowest BCUT2D eigenvalue weighted by molar-refractivity contribution is -0.122. The molecular formula is C22H19ClN2O3. The van der Waals surface area contributed by atoms with Gasteiger partial charge in [-0.15, -0.1) is 0 Å². The maximum absolute atomic E-state index is 12.6. The lowest BCUT2D eigenvalue weighted by Crippen LogP contribution is -2.31. The van der Waals surface area contributed by atoms with E-state index in [9.17, 15) is 9.59 Å². The van der Waals surface area contributed by atoms with Gasteiger partial charge in [-0.05, 0) is 43.3 Å². The Kier molecular flexibility index (Phi) is 6.29. The second-order valence-electron chi connectivity index (χ2n) is 6.05. The largest absolute Gasteiger partial charge is 0.479 e. The van der Waals surface area contributed by atoms with Gasteiger partial charge in [-0.2, -0.15) is 0 Å². The molecule has 142 valence electrons. The van der Waals surface area contributed by atoms with E-state index >= 15 is 0 Å². The van der Waals surface area contributed by atoms with E-state index in [1.54, 1.807) is 67.6 Å². The first kappa shape index (κ1) is 19.5. The molecule has 2 amide bonds. The maximum Gasteiger partial charge on any atom is 0.265 e. The number of hydrogen-bond acceptors (Lipinski definition) is 3. The average molecular weight is 395 g/mol. The molecule has 28 heavy (non-hydrogen) atoms. The Bertz CT molecular complexity index is 976. The van der Waals surface area contributed by atoms with Gasteiger partial charge in [0.2, 0.25) is 0 Å². The van der Waals surface area contributed by atoms with E-state index in [0.29, 0.717) is 27.7 Å². The number of ether oxygens (including phenoxy) is 1. The Morgan fingerprint density at radius 3 is 2.25 bits per heavy atom. The molecular weight excluding hydrogens is 376 g/mol. The molecule has 0 aromatic heterocycles. The highest BCUT2D eigenvalue weighted by atomic mass is 35.5. The van der Waals surface area contributed by atoms with Crippen molar-refractivity contribution < 1.29 is 14.3 Å². The normalized spacial score (nSPS) is 11.4. The molecule has 5 nitrogen and oxygen atoms in total. The van der Waals surface area contributed by atoms with Crippen LogP contribution in [0.15, 0.2) is 78.9 Å².